The first-order chi connectivity index (χ1) is 14.0. The third-order valence-electron chi connectivity index (χ3n) is 5.75. The van der Waals surface area contributed by atoms with Gasteiger partial charge in [0, 0.05) is 42.7 Å². The lowest BCUT2D eigenvalue weighted by molar-refractivity contribution is -0.138. The van der Waals surface area contributed by atoms with Crippen LogP contribution < -0.4 is 0 Å². The van der Waals surface area contributed by atoms with Crippen LogP contribution in [0.1, 0.15) is 18.7 Å². The van der Waals surface area contributed by atoms with Crippen molar-refractivity contribution in [1.82, 2.24) is 24.8 Å². The number of halogens is 2. The van der Waals surface area contributed by atoms with Crippen LogP contribution in [0.2, 0.25) is 10.0 Å². The number of amides is 1. The lowest BCUT2D eigenvalue weighted by Crippen LogP contribution is -2.50. The van der Waals surface area contributed by atoms with Gasteiger partial charge in [0.2, 0.25) is 17.6 Å². The molecule has 2 aliphatic rings. The largest absolute Gasteiger partial charge is 0.340 e. The fraction of sp³-hybridized carbons (Fsp3) is 0.550. The number of carbonyl (C=O) groups is 1. The number of aromatic nitrogens is 2. The van der Waals surface area contributed by atoms with E-state index in [0.717, 1.165) is 52.1 Å². The number of hydrogen-bond acceptors (Lipinski definition) is 6. The molecule has 7 nitrogen and oxygen atoms in total. The number of piperazine rings is 1. The molecule has 1 amide bonds. The van der Waals surface area contributed by atoms with Gasteiger partial charge in [-0.25, -0.2) is 0 Å². The predicted octanol–water partition coefficient (Wildman–Crippen LogP) is 3.03. The molecule has 2 saturated heterocycles. The molecule has 29 heavy (non-hydrogen) atoms. The van der Waals surface area contributed by atoms with Gasteiger partial charge in [-0.3, -0.25) is 9.69 Å². The minimum atomic E-state index is 0.126. The zero-order valence-electron chi connectivity index (χ0n) is 16.5. The van der Waals surface area contributed by atoms with Gasteiger partial charge in [0.05, 0.1) is 11.6 Å². The Morgan fingerprint density at radius 3 is 2.55 bits per heavy atom. The topological polar surface area (TPSA) is 65.7 Å². The van der Waals surface area contributed by atoms with E-state index >= 15 is 0 Å². The van der Waals surface area contributed by atoms with E-state index in [2.05, 4.69) is 27.0 Å². The maximum atomic E-state index is 12.8. The maximum absolute atomic E-state index is 12.8. The zero-order valence-corrected chi connectivity index (χ0v) is 18.0. The SMILES string of the molecule is CN1CCN(C(=O)C2CCN(Cc3nc(-c4ccc(Cl)cc4Cl)no3)CC2)CC1. The maximum Gasteiger partial charge on any atom is 0.241 e. The van der Waals surface area contributed by atoms with Gasteiger partial charge in [0.15, 0.2) is 0 Å². The van der Waals surface area contributed by atoms with Gasteiger partial charge in [0.1, 0.15) is 0 Å². The van der Waals surface area contributed by atoms with Crippen LogP contribution in [-0.4, -0.2) is 77.1 Å². The average molecular weight is 438 g/mol. The lowest BCUT2D eigenvalue weighted by atomic mass is 9.95. The molecule has 0 saturated carbocycles. The van der Waals surface area contributed by atoms with Crippen molar-refractivity contribution in [3.8, 4) is 11.4 Å². The molecule has 9 heteroatoms. The van der Waals surface area contributed by atoms with Crippen molar-refractivity contribution in [3.05, 3.63) is 34.1 Å². The van der Waals surface area contributed by atoms with Crippen LogP contribution in [-0.2, 0) is 11.3 Å². The monoisotopic (exact) mass is 437 g/mol. The Bertz CT molecular complexity index is 858. The van der Waals surface area contributed by atoms with Crippen molar-refractivity contribution in [2.75, 3.05) is 46.3 Å². The molecule has 0 aliphatic carbocycles. The number of rotatable bonds is 4. The fourth-order valence-corrected chi connectivity index (χ4v) is 4.41. The number of hydrogen-bond donors (Lipinski definition) is 0. The summed E-state index contributed by atoms with van der Waals surface area (Å²) in [6.45, 7) is 5.88. The predicted molar refractivity (Wildman–Crippen MR) is 112 cm³/mol. The second-order valence-electron chi connectivity index (χ2n) is 7.81. The van der Waals surface area contributed by atoms with Gasteiger partial charge in [-0.1, -0.05) is 28.4 Å². The molecule has 2 aromatic rings. The summed E-state index contributed by atoms with van der Waals surface area (Å²) >= 11 is 12.2. The first kappa shape index (κ1) is 20.6. The molecule has 3 heterocycles. The summed E-state index contributed by atoms with van der Waals surface area (Å²) in [5, 5.41) is 5.11. The van der Waals surface area contributed by atoms with Gasteiger partial charge in [-0.2, -0.15) is 4.98 Å². The molecule has 0 bridgehead atoms. The highest BCUT2D eigenvalue weighted by Crippen LogP contribution is 2.29. The molecular formula is C20H25Cl2N5O2. The molecule has 0 radical (unpaired) electrons. The number of likely N-dealkylation sites (N-methyl/N-ethyl adjacent to an activating group) is 1. The second-order valence-corrected chi connectivity index (χ2v) is 8.66. The molecule has 2 fully saturated rings. The zero-order chi connectivity index (χ0) is 20.4. The van der Waals surface area contributed by atoms with E-state index in [9.17, 15) is 4.79 Å². The minimum Gasteiger partial charge on any atom is -0.340 e. The highest BCUT2D eigenvalue weighted by molar-refractivity contribution is 6.36. The van der Waals surface area contributed by atoms with E-state index in [0.29, 0.717) is 39.8 Å². The Morgan fingerprint density at radius 1 is 1.14 bits per heavy atom. The summed E-state index contributed by atoms with van der Waals surface area (Å²) in [5.41, 5.74) is 0.697. The van der Waals surface area contributed by atoms with E-state index in [-0.39, 0.29) is 5.92 Å². The Balaban J connectivity index is 1.30. The number of carbonyl (C=O) groups excluding carboxylic acids is 1. The number of likely N-dealkylation sites (tertiary alicyclic amines) is 1. The molecule has 0 N–H and O–H groups in total. The highest BCUT2D eigenvalue weighted by Gasteiger charge is 2.30. The second kappa shape index (κ2) is 9.00. The molecular weight excluding hydrogens is 413 g/mol. The summed E-state index contributed by atoms with van der Waals surface area (Å²) < 4.78 is 5.41. The molecule has 4 rings (SSSR count). The molecule has 2 aliphatic heterocycles. The lowest BCUT2D eigenvalue weighted by Gasteiger charge is -2.37. The van der Waals surface area contributed by atoms with Gasteiger partial charge in [-0.05, 0) is 51.2 Å². The quantitative estimate of drug-likeness (QED) is 0.731. The summed E-state index contributed by atoms with van der Waals surface area (Å²) in [7, 11) is 2.10. The van der Waals surface area contributed by atoms with E-state index in [1.807, 2.05) is 4.90 Å². The third-order valence-corrected chi connectivity index (χ3v) is 6.30. The van der Waals surface area contributed by atoms with E-state index in [1.54, 1.807) is 18.2 Å². The molecule has 1 aromatic carbocycles. The Hall–Kier alpha value is -1.67. The van der Waals surface area contributed by atoms with Crippen molar-refractivity contribution in [2.45, 2.75) is 19.4 Å². The van der Waals surface area contributed by atoms with Gasteiger partial charge in [-0.15, -0.1) is 0 Å². The summed E-state index contributed by atoms with van der Waals surface area (Å²) in [6.07, 6.45) is 1.74. The first-order valence-electron chi connectivity index (χ1n) is 9.97. The minimum absolute atomic E-state index is 0.126. The number of nitrogens with zero attached hydrogens (tertiary/aromatic N) is 5. The van der Waals surface area contributed by atoms with Gasteiger partial charge >= 0.3 is 0 Å². The van der Waals surface area contributed by atoms with Crippen molar-refractivity contribution < 1.29 is 9.32 Å². The Morgan fingerprint density at radius 2 is 1.86 bits per heavy atom. The van der Waals surface area contributed by atoms with Crippen LogP contribution in [0.25, 0.3) is 11.4 Å². The first-order valence-corrected chi connectivity index (χ1v) is 10.7. The Kier molecular flexibility index (Phi) is 6.39. The highest BCUT2D eigenvalue weighted by atomic mass is 35.5. The van der Waals surface area contributed by atoms with E-state index < -0.39 is 0 Å². The van der Waals surface area contributed by atoms with Crippen molar-refractivity contribution >= 4 is 29.1 Å². The van der Waals surface area contributed by atoms with Crippen LogP contribution in [0.5, 0.6) is 0 Å². The average Bonchev–Trinajstić information content (AvgIpc) is 3.17. The number of piperidine rings is 1. The smallest absolute Gasteiger partial charge is 0.241 e. The van der Waals surface area contributed by atoms with Gasteiger partial charge in [0.25, 0.3) is 0 Å². The van der Waals surface area contributed by atoms with Crippen LogP contribution in [0, 0.1) is 5.92 Å². The van der Waals surface area contributed by atoms with E-state index in [1.165, 1.54) is 0 Å². The van der Waals surface area contributed by atoms with Crippen LogP contribution >= 0.6 is 23.2 Å². The van der Waals surface area contributed by atoms with Crippen LogP contribution in [0.3, 0.4) is 0 Å². The fourth-order valence-electron chi connectivity index (χ4n) is 3.91. The standard InChI is InChI=1S/C20H25Cl2N5O2/c1-25-8-10-27(11-9-25)20(28)14-4-6-26(7-5-14)13-18-23-19(24-29-18)16-3-2-15(21)12-17(16)22/h2-3,12,14H,4-11,13H2,1H3. The molecule has 156 valence electrons. The van der Waals surface area contributed by atoms with Gasteiger partial charge < -0.3 is 14.3 Å². The summed E-state index contributed by atoms with van der Waals surface area (Å²) in [5.74, 6) is 1.45. The van der Waals surface area contributed by atoms with Crippen molar-refractivity contribution in [2.24, 2.45) is 5.92 Å². The van der Waals surface area contributed by atoms with Crippen LogP contribution in [0.4, 0.5) is 0 Å². The third kappa shape index (κ3) is 4.91. The summed E-state index contributed by atoms with van der Waals surface area (Å²) in [4.78, 5) is 23.8. The van der Waals surface area contributed by atoms with Crippen molar-refractivity contribution in [1.29, 1.82) is 0 Å². The van der Waals surface area contributed by atoms with Crippen molar-refractivity contribution in [3.63, 3.8) is 0 Å². The summed E-state index contributed by atoms with van der Waals surface area (Å²) in [6, 6.07) is 5.20. The Labute approximate surface area is 180 Å². The molecule has 1 aromatic heterocycles. The normalized spacial score (nSPS) is 19.6. The molecule has 0 unspecified atom stereocenters. The van der Waals surface area contributed by atoms with Crippen LogP contribution in [0.15, 0.2) is 22.7 Å². The molecule has 0 atom stereocenters. The molecule has 0 spiro atoms. The number of benzene rings is 1. The van der Waals surface area contributed by atoms with E-state index in [4.69, 9.17) is 27.7 Å².